The van der Waals surface area contributed by atoms with Gasteiger partial charge in [0.1, 0.15) is 0 Å². The van der Waals surface area contributed by atoms with E-state index in [9.17, 15) is 9.90 Å². The number of aliphatic hydroxyl groups excluding tert-OH is 1. The van der Waals surface area contributed by atoms with Gasteiger partial charge < -0.3 is 10.0 Å². The van der Waals surface area contributed by atoms with Gasteiger partial charge in [0.2, 0.25) is 5.91 Å². The standard InChI is InChI=1S/C16H28N2O2/c1-3-18(13-8-4-5-9-13)16(20)12-17(2)14-10-6-7-11-15(14)19/h8,14-15,19H,3-7,9-12H2,1-2H3. The molecule has 0 aromatic carbocycles. The molecular formula is C16H28N2O2. The smallest absolute Gasteiger partial charge is 0.240 e. The highest BCUT2D eigenvalue weighted by Crippen LogP contribution is 2.24. The van der Waals surface area contributed by atoms with Crippen LogP contribution in [0.5, 0.6) is 0 Å². The Morgan fingerprint density at radius 1 is 1.35 bits per heavy atom. The number of rotatable bonds is 5. The van der Waals surface area contributed by atoms with Crippen molar-refractivity contribution in [3.8, 4) is 0 Å². The summed E-state index contributed by atoms with van der Waals surface area (Å²) >= 11 is 0. The molecular weight excluding hydrogens is 252 g/mol. The first kappa shape index (κ1) is 15.5. The molecule has 20 heavy (non-hydrogen) atoms. The van der Waals surface area contributed by atoms with Crippen LogP contribution in [-0.4, -0.2) is 53.1 Å². The Kier molecular flexibility index (Phi) is 5.61. The van der Waals surface area contributed by atoms with Crippen LogP contribution in [-0.2, 0) is 4.79 Å². The first-order chi connectivity index (χ1) is 9.63. The van der Waals surface area contributed by atoms with Gasteiger partial charge in [0.15, 0.2) is 0 Å². The second-order valence-electron chi connectivity index (χ2n) is 6.06. The molecule has 4 heteroatoms. The van der Waals surface area contributed by atoms with E-state index in [1.807, 2.05) is 23.8 Å². The van der Waals surface area contributed by atoms with Crippen molar-refractivity contribution in [2.45, 2.75) is 64.0 Å². The Bertz CT molecular complexity index is 367. The summed E-state index contributed by atoms with van der Waals surface area (Å²) in [5.41, 5.74) is 1.19. The number of hydrogen-bond acceptors (Lipinski definition) is 3. The minimum atomic E-state index is -0.276. The topological polar surface area (TPSA) is 43.8 Å². The number of aliphatic hydroxyl groups is 1. The number of allylic oxidation sites excluding steroid dienone is 2. The molecule has 0 spiro atoms. The van der Waals surface area contributed by atoms with Crippen molar-refractivity contribution >= 4 is 5.91 Å². The van der Waals surface area contributed by atoms with Crippen molar-refractivity contribution in [2.24, 2.45) is 0 Å². The summed E-state index contributed by atoms with van der Waals surface area (Å²) in [7, 11) is 1.97. The molecule has 2 unspecified atom stereocenters. The van der Waals surface area contributed by atoms with Crippen LogP contribution in [0.1, 0.15) is 51.9 Å². The predicted molar refractivity (Wildman–Crippen MR) is 80.2 cm³/mol. The summed E-state index contributed by atoms with van der Waals surface area (Å²) < 4.78 is 0. The molecule has 0 aromatic heterocycles. The van der Waals surface area contributed by atoms with Crippen LogP contribution in [0.4, 0.5) is 0 Å². The lowest BCUT2D eigenvalue weighted by molar-refractivity contribution is -0.131. The van der Waals surface area contributed by atoms with E-state index in [-0.39, 0.29) is 18.1 Å². The summed E-state index contributed by atoms with van der Waals surface area (Å²) in [5, 5.41) is 10.1. The number of likely N-dealkylation sites (N-methyl/N-ethyl adjacent to an activating group) is 2. The molecule has 1 amide bonds. The van der Waals surface area contributed by atoms with Crippen LogP contribution in [0.3, 0.4) is 0 Å². The van der Waals surface area contributed by atoms with E-state index in [2.05, 4.69) is 6.08 Å². The number of nitrogens with zero attached hydrogens (tertiary/aromatic N) is 2. The second-order valence-corrected chi connectivity index (χ2v) is 6.06. The van der Waals surface area contributed by atoms with Gasteiger partial charge in [0.05, 0.1) is 12.6 Å². The average Bonchev–Trinajstić information content (AvgIpc) is 2.93. The Hall–Kier alpha value is -0.870. The maximum Gasteiger partial charge on any atom is 0.240 e. The normalized spacial score (nSPS) is 26.7. The van der Waals surface area contributed by atoms with E-state index >= 15 is 0 Å². The molecule has 1 N–H and O–H groups in total. The number of hydrogen-bond donors (Lipinski definition) is 1. The van der Waals surface area contributed by atoms with E-state index in [4.69, 9.17) is 0 Å². The first-order valence-corrected chi connectivity index (χ1v) is 8.01. The summed E-state index contributed by atoms with van der Waals surface area (Å²) in [6.07, 6.45) is 9.32. The van der Waals surface area contributed by atoms with Gasteiger partial charge in [-0.05, 0) is 46.1 Å². The van der Waals surface area contributed by atoms with E-state index < -0.39 is 0 Å². The predicted octanol–water partition coefficient (Wildman–Crippen LogP) is 2.14. The summed E-state index contributed by atoms with van der Waals surface area (Å²) in [6.45, 7) is 3.19. The number of amides is 1. The molecule has 0 radical (unpaired) electrons. The van der Waals surface area contributed by atoms with Crippen LogP contribution in [0.15, 0.2) is 11.8 Å². The lowest BCUT2D eigenvalue weighted by Gasteiger charge is -2.36. The van der Waals surface area contributed by atoms with E-state index in [0.717, 1.165) is 51.5 Å². The van der Waals surface area contributed by atoms with Gasteiger partial charge in [-0.3, -0.25) is 9.69 Å². The Morgan fingerprint density at radius 3 is 2.70 bits per heavy atom. The lowest BCUT2D eigenvalue weighted by Crippen LogP contribution is -2.48. The van der Waals surface area contributed by atoms with E-state index in [1.165, 1.54) is 5.70 Å². The number of carbonyl (C=O) groups excluding carboxylic acids is 1. The van der Waals surface area contributed by atoms with Gasteiger partial charge in [-0.1, -0.05) is 18.9 Å². The summed E-state index contributed by atoms with van der Waals surface area (Å²) in [4.78, 5) is 16.4. The van der Waals surface area contributed by atoms with Gasteiger partial charge >= 0.3 is 0 Å². The zero-order chi connectivity index (χ0) is 14.5. The van der Waals surface area contributed by atoms with Crippen molar-refractivity contribution < 1.29 is 9.90 Å². The highest BCUT2D eigenvalue weighted by atomic mass is 16.3. The largest absolute Gasteiger partial charge is 0.391 e. The van der Waals surface area contributed by atoms with Crippen molar-refractivity contribution in [3.63, 3.8) is 0 Å². The first-order valence-electron chi connectivity index (χ1n) is 8.01. The molecule has 2 aliphatic rings. The fraction of sp³-hybridized carbons (Fsp3) is 0.812. The average molecular weight is 280 g/mol. The maximum atomic E-state index is 12.5. The fourth-order valence-corrected chi connectivity index (χ4v) is 3.46. The van der Waals surface area contributed by atoms with Crippen molar-refractivity contribution in [1.29, 1.82) is 0 Å². The van der Waals surface area contributed by atoms with Gasteiger partial charge in [0.25, 0.3) is 0 Å². The van der Waals surface area contributed by atoms with Crippen LogP contribution >= 0.6 is 0 Å². The molecule has 0 aromatic rings. The molecule has 2 atom stereocenters. The van der Waals surface area contributed by atoms with Crippen molar-refractivity contribution in [1.82, 2.24) is 9.80 Å². The number of carbonyl (C=O) groups is 1. The fourth-order valence-electron chi connectivity index (χ4n) is 3.46. The molecule has 0 saturated heterocycles. The van der Waals surface area contributed by atoms with Crippen LogP contribution in [0.25, 0.3) is 0 Å². The Balaban J connectivity index is 1.91. The SMILES string of the molecule is CCN(C(=O)CN(C)C1CCCCC1O)C1=CCCC1. The Labute approximate surface area is 122 Å². The highest BCUT2D eigenvalue weighted by Gasteiger charge is 2.29. The van der Waals surface area contributed by atoms with E-state index in [1.54, 1.807) is 0 Å². The van der Waals surface area contributed by atoms with Gasteiger partial charge in [-0.2, -0.15) is 0 Å². The lowest BCUT2D eigenvalue weighted by atomic mass is 9.91. The molecule has 2 rings (SSSR count). The van der Waals surface area contributed by atoms with Crippen molar-refractivity contribution in [3.05, 3.63) is 11.8 Å². The monoisotopic (exact) mass is 280 g/mol. The minimum Gasteiger partial charge on any atom is -0.391 e. The van der Waals surface area contributed by atoms with Crippen LogP contribution < -0.4 is 0 Å². The summed E-state index contributed by atoms with van der Waals surface area (Å²) in [5.74, 6) is 0.168. The third-order valence-corrected chi connectivity index (χ3v) is 4.63. The zero-order valence-electron chi connectivity index (χ0n) is 12.8. The van der Waals surface area contributed by atoms with Crippen LogP contribution in [0.2, 0.25) is 0 Å². The van der Waals surface area contributed by atoms with Crippen LogP contribution in [0, 0.1) is 0 Å². The molecule has 0 heterocycles. The molecule has 114 valence electrons. The van der Waals surface area contributed by atoms with Gasteiger partial charge in [0, 0.05) is 18.3 Å². The second kappa shape index (κ2) is 7.23. The van der Waals surface area contributed by atoms with Gasteiger partial charge in [-0.15, -0.1) is 0 Å². The zero-order valence-corrected chi connectivity index (χ0v) is 12.8. The molecule has 1 fully saturated rings. The van der Waals surface area contributed by atoms with E-state index in [0.29, 0.717) is 6.54 Å². The highest BCUT2D eigenvalue weighted by molar-refractivity contribution is 5.80. The molecule has 1 saturated carbocycles. The quantitative estimate of drug-likeness (QED) is 0.839. The molecule has 0 bridgehead atoms. The molecule has 2 aliphatic carbocycles. The third-order valence-electron chi connectivity index (χ3n) is 4.63. The molecule has 0 aliphatic heterocycles. The summed E-state index contributed by atoms with van der Waals surface area (Å²) in [6, 6.07) is 0.143. The third kappa shape index (κ3) is 3.61. The van der Waals surface area contributed by atoms with Gasteiger partial charge in [-0.25, -0.2) is 0 Å². The maximum absolute atomic E-state index is 12.5. The molecule has 4 nitrogen and oxygen atoms in total. The minimum absolute atomic E-state index is 0.143. The Morgan fingerprint density at radius 2 is 2.10 bits per heavy atom. The van der Waals surface area contributed by atoms with Crippen molar-refractivity contribution in [2.75, 3.05) is 20.1 Å².